The largest absolute Gasteiger partial charge is 0.462 e. The van der Waals surface area contributed by atoms with Crippen molar-refractivity contribution in [3.8, 4) is 0 Å². The smallest absolute Gasteiger partial charge is 0.306 e. The van der Waals surface area contributed by atoms with Crippen LogP contribution < -0.4 is 0 Å². The predicted octanol–water partition coefficient (Wildman–Crippen LogP) is 20.0. The third-order valence-electron chi connectivity index (χ3n) is 11.8. The van der Waals surface area contributed by atoms with Crippen LogP contribution in [0.1, 0.15) is 239 Å². The van der Waals surface area contributed by atoms with Crippen molar-refractivity contribution in [3.63, 3.8) is 0 Å². The standard InChI is InChI=1S/C67H106O6/c1-4-7-10-13-16-19-22-25-28-31-33-36-39-42-45-48-51-54-57-60-66(69)72-63-64(62-71-65(68)59-56-53-50-47-44-41-38-35-30-27-24-21-18-15-12-9-6-3)73-67(70)61-58-55-52-49-46-43-40-37-34-32-29-26-23-20-17-14-11-8-5-2/h7,9-10,12,16,18-19,21,25,27-28,30,32-34,36,38,41-42,45,47,50-51,54,64H,4-6,8,11,13-15,17,20,22-24,26,29,31,35,37,39-40,43-44,46,48-49,52-53,55-63H2,1-3H3/b10-7-,12-9-,19-16-,21-18-,28-25-,30-27-,34-32-,36-33-,41-38-,45-42-,50-47-,54-51-/t64-/m1/s1. The summed E-state index contributed by atoms with van der Waals surface area (Å²) in [6.45, 7) is 6.29. The molecule has 0 aromatic heterocycles. The zero-order valence-corrected chi connectivity index (χ0v) is 46.8. The molecule has 0 saturated carbocycles. The van der Waals surface area contributed by atoms with E-state index >= 15 is 0 Å². The summed E-state index contributed by atoms with van der Waals surface area (Å²) in [4.78, 5) is 38.2. The van der Waals surface area contributed by atoms with E-state index in [1.165, 1.54) is 89.9 Å². The van der Waals surface area contributed by atoms with Gasteiger partial charge in [-0.2, -0.15) is 0 Å². The van der Waals surface area contributed by atoms with Gasteiger partial charge < -0.3 is 14.2 Å². The van der Waals surface area contributed by atoms with Gasteiger partial charge in [-0.05, 0) is 122 Å². The molecule has 6 nitrogen and oxygen atoms in total. The van der Waals surface area contributed by atoms with Crippen molar-refractivity contribution in [1.82, 2.24) is 0 Å². The lowest BCUT2D eigenvalue weighted by Gasteiger charge is -2.18. The van der Waals surface area contributed by atoms with Crippen molar-refractivity contribution in [2.75, 3.05) is 13.2 Å². The second-order valence-electron chi connectivity index (χ2n) is 18.8. The molecule has 0 bridgehead atoms. The van der Waals surface area contributed by atoms with E-state index in [1.54, 1.807) is 0 Å². The predicted molar refractivity (Wildman–Crippen MR) is 315 cm³/mol. The van der Waals surface area contributed by atoms with E-state index in [0.717, 1.165) is 96.3 Å². The van der Waals surface area contributed by atoms with E-state index in [-0.39, 0.29) is 50.4 Å². The first kappa shape index (κ1) is 68.3. The molecule has 0 rings (SSSR count). The van der Waals surface area contributed by atoms with Gasteiger partial charge in [0.05, 0.1) is 0 Å². The highest BCUT2D eigenvalue weighted by molar-refractivity contribution is 5.71. The molecule has 0 N–H and O–H groups in total. The monoisotopic (exact) mass is 1010 g/mol. The maximum absolute atomic E-state index is 12.9. The summed E-state index contributed by atoms with van der Waals surface area (Å²) >= 11 is 0. The number of carbonyl (C=O) groups excluding carboxylic acids is 3. The van der Waals surface area contributed by atoms with E-state index in [0.29, 0.717) is 12.8 Å². The number of allylic oxidation sites excluding steroid dienone is 24. The Morgan fingerprint density at radius 2 is 0.575 bits per heavy atom. The minimum Gasteiger partial charge on any atom is -0.462 e. The molecular formula is C67H106O6. The molecule has 0 aliphatic heterocycles. The molecule has 0 amide bonds. The molecule has 1 atom stereocenters. The molecule has 0 aliphatic rings. The Balaban J connectivity index is 4.60. The van der Waals surface area contributed by atoms with E-state index in [2.05, 4.69) is 154 Å². The Hall–Kier alpha value is -4.71. The second kappa shape index (κ2) is 59.8. The topological polar surface area (TPSA) is 78.9 Å². The molecule has 0 unspecified atom stereocenters. The Labute approximate surface area is 448 Å². The lowest BCUT2D eigenvalue weighted by molar-refractivity contribution is -0.166. The van der Waals surface area contributed by atoms with Crippen molar-refractivity contribution < 1.29 is 28.6 Å². The highest BCUT2D eigenvalue weighted by Crippen LogP contribution is 2.14. The number of ether oxygens (including phenoxy) is 3. The number of esters is 3. The average Bonchev–Trinajstić information content (AvgIpc) is 3.39. The average molecular weight is 1010 g/mol. The van der Waals surface area contributed by atoms with Gasteiger partial charge in [-0.15, -0.1) is 0 Å². The van der Waals surface area contributed by atoms with Gasteiger partial charge in [0, 0.05) is 19.3 Å². The fourth-order valence-electron chi connectivity index (χ4n) is 7.50. The summed E-state index contributed by atoms with van der Waals surface area (Å²) < 4.78 is 16.8. The molecule has 6 heteroatoms. The van der Waals surface area contributed by atoms with Crippen LogP contribution in [0.4, 0.5) is 0 Å². The molecule has 0 radical (unpaired) electrons. The van der Waals surface area contributed by atoms with Crippen LogP contribution in [0, 0.1) is 0 Å². The van der Waals surface area contributed by atoms with Gasteiger partial charge in [0.25, 0.3) is 0 Å². The molecule has 0 heterocycles. The van der Waals surface area contributed by atoms with E-state index < -0.39 is 6.10 Å². The van der Waals surface area contributed by atoms with Crippen LogP contribution in [0.3, 0.4) is 0 Å². The molecule has 0 fully saturated rings. The Morgan fingerprint density at radius 3 is 0.973 bits per heavy atom. The lowest BCUT2D eigenvalue weighted by atomic mass is 10.1. The van der Waals surface area contributed by atoms with Gasteiger partial charge in [-0.3, -0.25) is 14.4 Å². The molecule has 0 aromatic carbocycles. The zero-order valence-electron chi connectivity index (χ0n) is 46.8. The van der Waals surface area contributed by atoms with Gasteiger partial charge in [0.1, 0.15) is 13.2 Å². The van der Waals surface area contributed by atoms with Crippen LogP contribution in [0.5, 0.6) is 0 Å². The molecule has 410 valence electrons. The molecule has 0 aromatic rings. The van der Waals surface area contributed by atoms with Gasteiger partial charge in [-0.1, -0.05) is 244 Å². The summed E-state index contributed by atoms with van der Waals surface area (Å²) in [5.41, 5.74) is 0. The van der Waals surface area contributed by atoms with Crippen LogP contribution in [-0.4, -0.2) is 37.2 Å². The van der Waals surface area contributed by atoms with E-state index in [4.69, 9.17) is 14.2 Å². The van der Waals surface area contributed by atoms with Crippen molar-refractivity contribution in [2.24, 2.45) is 0 Å². The fourth-order valence-corrected chi connectivity index (χ4v) is 7.50. The van der Waals surface area contributed by atoms with Gasteiger partial charge in [0.15, 0.2) is 6.10 Å². The van der Waals surface area contributed by atoms with Crippen LogP contribution in [-0.2, 0) is 28.6 Å². The van der Waals surface area contributed by atoms with Gasteiger partial charge >= 0.3 is 17.9 Å². The third kappa shape index (κ3) is 58.1. The van der Waals surface area contributed by atoms with Crippen molar-refractivity contribution in [2.45, 2.75) is 245 Å². The first-order valence-corrected chi connectivity index (χ1v) is 29.3. The first-order chi connectivity index (χ1) is 36.0. The Kier molecular flexibility index (Phi) is 56.0. The van der Waals surface area contributed by atoms with E-state index in [9.17, 15) is 14.4 Å². The van der Waals surface area contributed by atoms with Gasteiger partial charge in [-0.25, -0.2) is 0 Å². The number of hydrogen-bond donors (Lipinski definition) is 0. The van der Waals surface area contributed by atoms with Crippen molar-refractivity contribution >= 4 is 17.9 Å². The van der Waals surface area contributed by atoms with Crippen LogP contribution in [0.25, 0.3) is 0 Å². The third-order valence-corrected chi connectivity index (χ3v) is 11.8. The SMILES string of the molecule is CC/C=C\C/C=C\C/C=C\C/C=C\C/C=C\C/C=C\CCC(=O)OC[C@@H](COC(=O)CCC/C=C\C/C=C\C/C=C\C/C=C\C/C=C\CC)OC(=O)CCCCCCCCC/C=C\CCCCCCCCCC. The molecule has 0 saturated heterocycles. The Morgan fingerprint density at radius 1 is 0.288 bits per heavy atom. The van der Waals surface area contributed by atoms with Crippen LogP contribution >= 0.6 is 0 Å². The quantitative estimate of drug-likeness (QED) is 0.0261. The number of unbranched alkanes of at least 4 members (excludes halogenated alkanes) is 16. The highest BCUT2D eigenvalue weighted by Gasteiger charge is 2.19. The maximum atomic E-state index is 12.9. The summed E-state index contributed by atoms with van der Waals surface area (Å²) in [6, 6.07) is 0. The Bertz CT molecular complexity index is 1630. The molecular weight excluding hydrogens is 901 g/mol. The lowest BCUT2D eigenvalue weighted by Crippen LogP contribution is -2.30. The minimum atomic E-state index is -0.841. The molecule has 73 heavy (non-hydrogen) atoms. The molecule has 0 spiro atoms. The van der Waals surface area contributed by atoms with Crippen molar-refractivity contribution in [1.29, 1.82) is 0 Å². The van der Waals surface area contributed by atoms with Gasteiger partial charge in [0.2, 0.25) is 0 Å². The van der Waals surface area contributed by atoms with Crippen LogP contribution in [0.2, 0.25) is 0 Å². The van der Waals surface area contributed by atoms with E-state index in [1.807, 2.05) is 12.2 Å². The summed E-state index contributed by atoms with van der Waals surface area (Å²) in [7, 11) is 0. The number of rotatable bonds is 51. The fraction of sp³-hybridized carbons (Fsp3) is 0.597. The van der Waals surface area contributed by atoms with Crippen molar-refractivity contribution in [3.05, 3.63) is 146 Å². The minimum absolute atomic E-state index is 0.138. The maximum Gasteiger partial charge on any atom is 0.306 e. The molecule has 0 aliphatic carbocycles. The highest BCUT2D eigenvalue weighted by atomic mass is 16.6. The summed E-state index contributed by atoms with van der Waals surface area (Å²) in [5.74, 6) is -1.08. The normalized spacial score (nSPS) is 13.2. The second-order valence-corrected chi connectivity index (χ2v) is 18.8. The summed E-state index contributed by atoms with van der Waals surface area (Å²) in [5, 5.41) is 0. The number of carbonyl (C=O) groups is 3. The van der Waals surface area contributed by atoms with Crippen LogP contribution in [0.15, 0.2) is 146 Å². The summed E-state index contributed by atoms with van der Waals surface area (Å²) in [6.07, 6.45) is 85.7. The first-order valence-electron chi connectivity index (χ1n) is 29.3. The number of hydrogen-bond acceptors (Lipinski definition) is 6. The zero-order chi connectivity index (χ0) is 52.9.